The maximum Gasteiger partial charge on any atom is 0.222 e. The number of aliphatic hydroxyl groups excluding tert-OH is 1. The first-order valence-corrected chi connectivity index (χ1v) is 9.33. The number of rotatable bonds is 5. The van der Waals surface area contributed by atoms with Crippen molar-refractivity contribution in [3.63, 3.8) is 0 Å². The number of carbonyl (C=O) groups is 1. The average molecular weight is 330 g/mol. The molecule has 0 saturated carbocycles. The zero-order valence-corrected chi connectivity index (χ0v) is 14.8. The fourth-order valence-corrected chi connectivity index (χ4v) is 4.50. The summed E-state index contributed by atoms with van der Waals surface area (Å²) in [5.41, 5.74) is 3.11. The third-order valence-corrected chi connectivity index (χ3v) is 5.75. The van der Waals surface area contributed by atoms with Crippen LogP contribution >= 0.6 is 0 Å². The summed E-state index contributed by atoms with van der Waals surface area (Å²) in [6, 6.07) is 8.75. The first-order valence-electron chi connectivity index (χ1n) is 9.33. The number of amides is 1. The maximum atomic E-state index is 12.1. The predicted molar refractivity (Wildman–Crippen MR) is 95.7 cm³/mol. The molecule has 1 atom stereocenters. The number of β-amino-alcohol motifs (C(OH)–C–C–N with tert-alkyl or cyclic N) is 1. The molecule has 3 rings (SSSR count). The molecular weight excluding hydrogens is 300 g/mol. The molecule has 2 aliphatic rings. The van der Waals surface area contributed by atoms with Crippen LogP contribution in [0.25, 0.3) is 0 Å². The van der Waals surface area contributed by atoms with Crippen LogP contribution in [0.3, 0.4) is 0 Å². The van der Waals surface area contributed by atoms with Crippen LogP contribution < -0.4 is 0 Å². The smallest absolute Gasteiger partial charge is 0.222 e. The van der Waals surface area contributed by atoms with Crippen LogP contribution in [-0.4, -0.2) is 53.6 Å². The highest BCUT2D eigenvalue weighted by Gasteiger charge is 2.41. The van der Waals surface area contributed by atoms with Gasteiger partial charge in [-0.25, -0.2) is 0 Å². The van der Waals surface area contributed by atoms with E-state index in [0.717, 1.165) is 39.0 Å². The molecule has 1 amide bonds. The molecule has 2 saturated heterocycles. The maximum absolute atomic E-state index is 12.1. The highest BCUT2D eigenvalue weighted by atomic mass is 16.3. The van der Waals surface area contributed by atoms with Crippen molar-refractivity contribution in [2.75, 3.05) is 32.8 Å². The molecule has 0 radical (unpaired) electrons. The lowest BCUT2D eigenvalue weighted by molar-refractivity contribution is -0.140. The molecule has 132 valence electrons. The van der Waals surface area contributed by atoms with Gasteiger partial charge >= 0.3 is 0 Å². The lowest BCUT2D eigenvalue weighted by Gasteiger charge is -2.48. The largest absolute Gasteiger partial charge is 0.395 e. The first kappa shape index (κ1) is 17.4. The van der Waals surface area contributed by atoms with Crippen LogP contribution in [0.2, 0.25) is 0 Å². The molecule has 24 heavy (non-hydrogen) atoms. The second kappa shape index (κ2) is 7.66. The zero-order chi connectivity index (χ0) is 17.0. The van der Waals surface area contributed by atoms with Gasteiger partial charge in [0, 0.05) is 38.0 Å². The van der Waals surface area contributed by atoms with Gasteiger partial charge in [-0.05, 0) is 43.4 Å². The fraction of sp³-hybridized carbons (Fsp3) is 0.650. The van der Waals surface area contributed by atoms with E-state index in [0.29, 0.717) is 13.0 Å². The van der Waals surface area contributed by atoms with Gasteiger partial charge in [0.2, 0.25) is 5.91 Å². The van der Waals surface area contributed by atoms with Crippen LogP contribution in [0, 0.1) is 5.41 Å². The van der Waals surface area contributed by atoms with E-state index in [1.54, 1.807) is 0 Å². The topological polar surface area (TPSA) is 43.8 Å². The number of likely N-dealkylation sites (tertiary alicyclic amines) is 2. The SMILES string of the molecule is CCc1ccccc1CN1CCC[C@]2(CCC(=O)N(CCO)C2)C1. The highest BCUT2D eigenvalue weighted by molar-refractivity contribution is 5.77. The Bertz CT molecular complexity index is 575. The minimum atomic E-state index is 0.0649. The van der Waals surface area contributed by atoms with Crippen LogP contribution in [0.1, 0.15) is 43.7 Å². The summed E-state index contributed by atoms with van der Waals surface area (Å²) in [7, 11) is 0. The van der Waals surface area contributed by atoms with Gasteiger partial charge in [-0.2, -0.15) is 0 Å². The average Bonchev–Trinajstić information content (AvgIpc) is 2.59. The summed E-state index contributed by atoms with van der Waals surface area (Å²) in [5.74, 6) is 0.211. The normalized spacial score (nSPS) is 25.4. The van der Waals surface area contributed by atoms with E-state index in [2.05, 4.69) is 36.1 Å². The quantitative estimate of drug-likeness (QED) is 0.902. The molecule has 4 heteroatoms. The van der Waals surface area contributed by atoms with Crippen molar-refractivity contribution in [3.05, 3.63) is 35.4 Å². The first-order chi connectivity index (χ1) is 11.7. The summed E-state index contributed by atoms with van der Waals surface area (Å²) in [5, 5.41) is 9.22. The second-order valence-corrected chi connectivity index (χ2v) is 7.48. The molecule has 0 unspecified atom stereocenters. The van der Waals surface area contributed by atoms with E-state index >= 15 is 0 Å². The minimum absolute atomic E-state index is 0.0649. The Labute approximate surface area is 145 Å². The van der Waals surface area contributed by atoms with Crippen LogP contribution in [-0.2, 0) is 17.8 Å². The molecule has 0 aromatic heterocycles. The molecule has 1 aromatic carbocycles. The minimum Gasteiger partial charge on any atom is -0.395 e. The van der Waals surface area contributed by atoms with Crippen molar-refractivity contribution in [1.29, 1.82) is 0 Å². The Balaban J connectivity index is 1.68. The van der Waals surface area contributed by atoms with Gasteiger partial charge in [0.1, 0.15) is 0 Å². The molecule has 2 aliphatic heterocycles. The Morgan fingerprint density at radius 1 is 1.17 bits per heavy atom. The summed E-state index contributed by atoms with van der Waals surface area (Å²) in [4.78, 5) is 16.5. The zero-order valence-electron chi connectivity index (χ0n) is 14.8. The van der Waals surface area contributed by atoms with Crippen LogP contribution in [0.4, 0.5) is 0 Å². The van der Waals surface area contributed by atoms with Gasteiger partial charge in [-0.15, -0.1) is 0 Å². The van der Waals surface area contributed by atoms with Gasteiger partial charge < -0.3 is 10.0 Å². The van der Waals surface area contributed by atoms with Gasteiger partial charge in [0.05, 0.1) is 6.61 Å². The van der Waals surface area contributed by atoms with Gasteiger partial charge in [0.15, 0.2) is 0 Å². The van der Waals surface area contributed by atoms with E-state index in [1.807, 2.05) is 4.90 Å². The van der Waals surface area contributed by atoms with E-state index < -0.39 is 0 Å². The second-order valence-electron chi connectivity index (χ2n) is 7.48. The molecular formula is C20H30N2O2. The highest BCUT2D eigenvalue weighted by Crippen LogP contribution is 2.39. The predicted octanol–water partition coefficient (Wildman–Crippen LogP) is 2.45. The molecule has 2 heterocycles. The standard InChI is InChI=1S/C20H30N2O2/c1-2-17-6-3-4-7-18(17)14-21-11-5-9-20(15-21)10-8-19(24)22(16-20)12-13-23/h3-4,6-7,23H,2,5,8-16H2,1H3/t20-/m0/s1. The monoisotopic (exact) mass is 330 g/mol. The van der Waals surface area contributed by atoms with Crippen molar-refractivity contribution in [2.45, 2.75) is 45.6 Å². The van der Waals surface area contributed by atoms with E-state index in [1.165, 1.54) is 24.0 Å². The molecule has 1 N–H and O–H groups in total. The van der Waals surface area contributed by atoms with Crippen molar-refractivity contribution in [2.24, 2.45) is 5.41 Å². The van der Waals surface area contributed by atoms with Gasteiger partial charge in [-0.3, -0.25) is 9.69 Å². The molecule has 0 bridgehead atoms. The summed E-state index contributed by atoms with van der Waals surface area (Å²) < 4.78 is 0. The van der Waals surface area contributed by atoms with Crippen molar-refractivity contribution in [1.82, 2.24) is 9.80 Å². The molecule has 2 fully saturated rings. The van der Waals surface area contributed by atoms with Gasteiger partial charge in [-0.1, -0.05) is 31.2 Å². The van der Waals surface area contributed by atoms with Gasteiger partial charge in [0.25, 0.3) is 0 Å². The lowest BCUT2D eigenvalue weighted by atomic mass is 9.73. The number of aryl methyl sites for hydroxylation is 1. The van der Waals surface area contributed by atoms with E-state index in [-0.39, 0.29) is 17.9 Å². The number of nitrogens with zero attached hydrogens (tertiary/aromatic N) is 2. The van der Waals surface area contributed by atoms with Crippen molar-refractivity contribution in [3.8, 4) is 0 Å². The fourth-order valence-electron chi connectivity index (χ4n) is 4.50. The third kappa shape index (κ3) is 3.81. The molecule has 0 aliphatic carbocycles. The number of hydrogen-bond acceptors (Lipinski definition) is 3. The summed E-state index contributed by atoms with van der Waals surface area (Å²) in [6.07, 6.45) is 5.12. The Morgan fingerprint density at radius 3 is 2.71 bits per heavy atom. The molecule has 4 nitrogen and oxygen atoms in total. The third-order valence-electron chi connectivity index (χ3n) is 5.75. The molecule has 1 spiro atoms. The Kier molecular flexibility index (Phi) is 5.57. The van der Waals surface area contributed by atoms with E-state index in [4.69, 9.17) is 0 Å². The number of piperidine rings is 2. The number of hydrogen-bond donors (Lipinski definition) is 1. The summed E-state index contributed by atoms with van der Waals surface area (Å²) >= 11 is 0. The Hall–Kier alpha value is -1.39. The van der Waals surface area contributed by atoms with Crippen molar-refractivity contribution >= 4 is 5.91 Å². The van der Waals surface area contributed by atoms with Crippen LogP contribution in [0.15, 0.2) is 24.3 Å². The van der Waals surface area contributed by atoms with E-state index in [9.17, 15) is 9.90 Å². The van der Waals surface area contributed by atoms with Crippen LogP contribution in [0.5, 0.6) is 0 Å². The number of aliphatic hydroxyl groups is 1. The Morgan fingerprint density at radius 2 is 1.96 bits per heavy atom. The lowest BCUT2D eigenvalue weighted by Crippen LogP contribution is -2.54. The summed E-state index contributed by atoms with van der Waals surface area (Å²) in [6.45, 7) is 6.82. The number of carbonyl (C=O) groups excluding carboxylic acids is 1. The molecule has 1 aromatic rings. The number of benzene rings is 1. The van der Waals surface area contributed by atoms with Crippen molar-refractivity contribution < 1.29 is 9.90 Å².